The van der Waals surface area contributed by atoms with Crippen LogP contribution in [0.4, 0.5) is 13.2 Å². The lowest BCUT2D eigenvalue weighted by atomic mass is 10.2. The van der Waals surface area contributed by atoms with Crippen LogP contribution in [0.1, 0.15) is 41.0 Å². The van der Waals surface area contributed by atoms with Gasteiger partial charge in [-0.1, -0.05) is 6.92 Å². The van der Waals surface area contributed by atoms with Gasteiger partial charge in [0.05, 0.1) is 16.7 Å². The molecule has 2 unspecified atom stereocenters. The van der Waals surface area contributed by atoms with Crippen LogP contribution in [-0.2, 0) is 6.54 Å². The van der Waals surface area contributed by atoms with Crippen LogP contribution in [0.15, 0.2) is 9.59 Å². The predicted octanol–water partition coefficient (Wildman–Crippen LogP) is 2.88. The van der Waals surface area contributed by atoms with E-state index in [2.05, 4.69) is 0 Å². The molecule has 0 radical (unpaired) electrons. The monoisotopic (exact) mass is 360 g/mol. The number of alkyl halides is 3. The summed E-state index contributed by atoms with van der Waals surface area (Å²) < 4.78 is 39.8. The number of carbonyl (C=O) groups is 1. The average molecular weight is 360 g/mol. The second-order valence-electron chi connectivity index (χ2n) is 6.14. The Balaban J connectivity index is 2.30. The summed E-state index contributed by atoms with van der Waals surface area (Å²) in [5, 5.41) is 0.169. The second-order valence-corrected chi connectivity index (χ2v) is 7.17. The normalized spacial score (nSPS) is 20.5. The third kappa shape index (κ3) is 2.70. The van der Waals surface area contributed by atoms with Gasteiger partial charge in [-0.25, -0.2) is 4.79 Å². The number of aryl methyl sites for hydroxylation is 2. The van der Waals surface area contributed by atoms with Crippen molar-refractivity contribution in [3.63, 3.8) is 0 Å². The Morgan fingerprint density at radius 3 is 2.46 bits per heavy atom. The Morgan fingerprint density at radius 2 is 1.96 bits per heavy atom. The molecule has 1 aliphatic carbocycles. The van der Waals surface area contributed by atoms with E-state index in [4.69, 9.17) is 0 Å². The number of halogens is 3. The molecule has 2 aromatic heterocycles. The summed E-state index contributed by atoms with van der Waals surface area (Å²) in [7, 11) is 0. The zero-order valence-electron chi connectivity index (χ0n) is 13.0. The van der Waals surface area contributed by atoms with Gasteiger partial charge in [-0.2, -0.15) is 13.2 Å². The largest absolute Gasteiger partial charge is 0.390 e. The fraction of sp³-hybridized carbons (Fsp3) is 0.533. The van der Waals surface area contributed by atoms with E-state index in [0.717, 1.165) is 20.5 Å². The first kappa shape index (κ1) is 16.9. The molecule has 0 saturated heterocycles. The number of fused-ring (bicyclic) bond motifs is 1. The number of nitrogens with zero attached hydrogens (tertiary/aromatic N) is 2. The third-order valence-electron chi connectivity index (χ3n) is 4.40. The van der Waals surface area contributed by atoms with Crippen LogP contribution in [-0.4, -0.2) is 21.6 Å². The van der Waals surface area contributed by atoms with Crippen molar-refractivity contribution >= 4 is 27.8 Å². The van der Waals surface area contributed by atoms with E-state index < -0.39 is 30.4 Å². The fourth-order valence-corrected chi connectivity index (χ4v) is 4.02. The van der Waals surface area contributed by atoms with Gasteiger partial charge < -0.3 is 0 Å². The zero-order chi connectivity index (χ0) is 17.8. The number of aldehydes is 1. The first-order chi connectivity index (χ1) is 11.2. The van der Waals surface area contributed by atoms with Crippen molar-refractivity contribution in [3.05, 3.63) is 31.3 Å². The molecule has 1 fully saturated rings. The Labute approximate surface area is 138 Å². The van der Waals surface area contributed by atoms with Crippen LogP contribution in [0.3, 0.4) is 0 Å². The molecule has 0 spiro atoms. The molecular formula is C15H15F3N2O3S. The Kier molecular flexibility index (Phi) is 3.94. The van der Waals surface area contributed by atoms with Gasteiger partial charge in [0.25, 0.3) is 5.56 Å². The molecule has 0 aromatic carbocycles. The third-order valence-corrected chi connectivity index (χ3v) is 5.64. The summed E-state index contributed by atoms with van der Waals surface area (Å²) in [6, 6.07) is -0.287. The van der Waals surface area contributed by atoms with Crippen LogP contribution in [0.25, 0.3) is 10.2 Å². The van der Waals surface area contributed by atoms with E-state index >= 15 is 0 Å². The van der Waals surface area contributed by atoms with Crippen molar-refractivity contribution in [3.8, 4) is 0 Å². The van der Waals surface area contributed by atoms with Crippen molar-refractivity contribution in [1.82, 2.24) is 9.13 Å². The van der Waals surface area contributed by atoms with Gasteiger partial charge in [-0.3, -0.25) is 18.7 Å². The number of carbonyl (C=O) groups excluding carboxylic acids is 1. The van der Waals surface area contributed by atoms with Crippen molar-refractivity contribution < 1.29 is 18.0 Å². The van der Waals surface area contributed by atoms with Crippen molar-refractivity contribution in [1.29, 1.82) is 0 Å². The molecule has 24 heavy (non-hydrogen) atoms. The highest BCUT2D eigenvalue weighted by Crippen LogP contribution is 2.41. The lowest BCUT2D eigenvalue weighted by molar-refractivity contribution is -0.136. The van der Waals surface area contributed by atoms with Crippen molar-refractivity contribution in [2.45, 2.75) is 45.5 Å². The Hall–Kier alpha value is -1.90. The molecule has 1 saturated carbocycles. The number of hydrogen-bond donors (Lipinski definition) is 0. The molecule has 2 heterocycles. The van der Waals surface area contributed by atoms with Crippen LogP contribution >= 0.6 is 11.3 Å². The first-order valence-corrected chi connectivity index (χ1v) is 8.27. The smallest absolute Gasteiger partial charge is 0.297 e. The molecule has 2 aromatic rings. The number of rotatable bonds is 4. The Morgan fingerprint density at radius 1 is 1.33 bits per heavy atom. The van der Waals surface area contributed by atoms with Gasteiger partial charge >= 0.3 is 11.9 Å². The maximum atomic E-state index is 12.7. The van der Waals surface area contributed by atoms with Crippen molar-refractivity contribution in [2.75, 3.05) is 0 Å². The summed E-state index contributed by atoms with van der Waals surface area (Å²) >= 11 is 0.885. The highest BCUT2D eigenvalue weighted by atomic mass is 32.1. The summed E-state index contributed by atoms with van der Waals surface area (Å²) in [5.74, 6) is 0.133. The molecule has 1 aliphatic rings. The van der Waals surface area contributed by atoms with Crippen molar-refractivity contribution in [2.24, 2.45) is 5.92 Å². The molecule has 5 nitrogen and oxygen atoms in total. The summed E-state index contributed by atoms with van der Waals surface area (Å²) in [4.78, 5) is 36.9. The molecular weight excluding hydrogens is 345 g/mol. The fourth-order valence-electron chi connectivity index (χ4n) is 2.88. The van der Waals surface area contributed by atoms with Gasteiger partial charge in [0, 0.05) is 12.6 Å². The zero-order valence-corrected chi connectivity index (χ0v) is 13.8. The maximum absolute atomic E-state index is 12.7. The van der Waals surface area contributed by atoms with Gasteiger partial charge in [0.15, 0.2) is 6.29 Å². The van der Waals surface area contributed by atoms with E-state index in [1.54, 1.807) is 6.92 Å². The van der Waals surface area contributed by atoms with Gasteiger partial charge in [-0.05, 0) is 24.8 Å². The Bertz CT molecular complexity index is 939. The number of thiophene rings is 1. The summed E-state index contributed by atoms with van der Waals surface area (Å²) in [6.07, 6.45) is -4.39. The van der Waals surface area contributed by atoms with E-state index in [9.17, 15) is 27.6 Å². The SMILES string of the molecule is Cc1c(C=O)sc2c1c(=O)n(C1CC1C)c(=O)n2CCC(F)(F)F. The maximum Gasteiger partial charge on any atom is 0.390 e. The van der Waals surface area contributed by atoms with Crippen LogP contribution < -0.4 is 11.2 Å². The van der Waals surface area contributed by atoms with E-state index in [1.165, 1.54) is 0 Å². The van der Waals surface area contributed by atoms with Gasteiger partial charge in [0.1, 0.15) is 4.83 Å². The minimum absolute atomic E-state index is 0.133. The quantitative estimate of drug-likeness (QED) is 0.788. The minimum atomic E-state index is -4.42. The lowest BCUT2D eigenvalue weighted by Crippen LogP contribution is -2.40. The molecule has 0 bridgehead atoms. The first-order valence-electron chi connectivity index (χ1n) is 7.46. The van der Waals surface area contributed by atoms with Crippen LogP contribution in [0.5, 0.6) is 0 Å². The predicted molar refractivity (Wildman–Crippen MR) is 84.0 cm³/mol. The number of hydrogen-bond acceptors (Lipinski definition) is 4. The van der Waals surface area contributed by atoms with Gasteiger partial charge in [-0.15, -0.1) is 11.3 Å². The van der Waals surface area contributed by atoms with E-state index in [0.29, 0.717) is 18.3 Å². The molecule has 0 amide bonds. The summed E-state index contributed by atoms with van der Waals surface area (Å²) in [5.41, 5.74) is -0.836. The standard InChI is InChI=1S/C15H15F3N2O3S/c1-7-5-9(7)20-12(22)11-8(2)10(6-21)24-13(11)19(14(20)23)4-3-15(16,17)18/h6-7,9H,3-5H2,1-2H3. The molecule has 3 rings (SSSR count). The van der Waals surface area contributed by atoms with E-state index in [1.807, 2.05) is 6.92 Å². The molecule has 9 heteroatoms. The molecule has 2 atom stereocenters. The molecule has 0 aliphatic heterocycles. The highest BCUT2D eigenvalue weighted by molar-refractivity contribution is 7.20. The molecule has 130 valence electrons. The van der Waals surface area contributed by atoms with Crippen LogP contribution in [0, 0.1) is 12.8 Å². The molecule has 0 N–H and O–H groups in total. The average Bonchev–Trinajstić information content (AvgIpc) is 3.08. The second kappa shape index (κ2) is 5.58. The minimum Gasteiger partial charge on any atom is -0.297 e. The highest BCUT2D eigenvalue weighted by Gasteiger charge is 2.38. The number of aromatic nitrogens is 2. The lowest BCUT2D eigenvalue weighted by Gasteiger charge is -2.13. The van der Waals surface area contributed by atoms with Crippen LogP contribution in [0.2, 0.25) is 0 Å². The van der Waals surface area contributed by atoms with Gasteiger partial charge in [0.2, 0.25) is 0 Å². The summed E-state index contributed by atoms with van der Waals surface area (Å²) in [6.45, 7) is 2.87. The van der Waals surface area contributed by atoms with E-state index in [-0.39, 0.29) is 27.1 Å². The topological polar surface area (TPSA) is 61.1 Å².